The van der Waals surface area contributed by atoms with Crippen LogP contribution >= 0.6 is 15.9 Å². The van der Waals surface area contributed by atoms with E-state index in [0.717, 1.165) is 49.5 Å². The Morgan fingerprint density at radius 1 is 1.04 bits per heavy atom. The van der Waals surface area contributed by atoms with E-state index in [1.165, 1.54) is 11.3 Å². The third-order valence-corrected chi connectivity index (χ3v) is 5.03. The van der Waals surface area contributed by atoms with Crippen molar-refractivity contribution in [2.45, 2.75) is 13.1 Å². The van der Waals surface area contributed by atoms with E-state index in [0.29, 0.717) is 0 Å². The molecule has 0 unspecified atom stereocenters. The zero-order chi connectivity index (χ0) is 16.2. The summed E-state index contributed by atoms with van der Waals surface area (Å²) in [6.07, 6.45) is 2.12. The lowest BCUT2D eigenvalue weighted by atomic mass is 10.1. The molecule has 0 radical (unpaired) electrons. The maximum Gasteiger partial charge on any atom is 0.123 e. The number of rotatable bonds is 5. The van der Waals surface area contributed by atoms with Gasteiger partial charge in [0.1, 0.15) is 5.75 Å². The molecule has 124 valence electrons. The Labute approximate surface area is 146 Å². The number of hydrogen-bond donors (Lipinski definition) is 0. The predicted octanol–water partition coefficient (Wildman–Crippen LogP) is 3.11. The molecule has 1 aliphatic heterocycles. The maximum absolute atomic E-state index is 5.49. The first-order valence-corrected chi connectivity index (χ1v) is 8.82. The zero-order valence-corrected chi connectivity index (χ0v) is 15.4. The Hall–Kier alpha value is -1.30. The van der Waals surface area contributed by atoms with E-state index in [9.17, 15) is 0 Å². The van der Waals surface area contributed by atoms with Crippen LogP contribution in [-0.4, -0.2) is 47.7 Å². The first-order valence-electron chi connectivity index (χ1n) is 8.03. The number of ether oxygens (including phenoxy) is 1. The Kier molecular flexibility index (Phi) is 5.41. The van der Waals surface area contributed by atoms with Crippen molar-refractivity contribution < 1.29 is 4.74 Å². The van der Waals surface area contributed by atoms with Crippen LogP contribution in [0.1, 0.15) is 11.3 Å². The van der Waals surface area contributed by atoms with Crippen LogP contribution in [0.5, 0.6) is 5.75 Å². The predicted molar refractivity (Wildman–Crippen MR) is 96.7 cm³/mol. The molecule has 1 aliphatic rings. The van der Waals surface area contributed by atoms with E-state index in [2.05, 4.69) is 61.7 Å². The van der Waals surface area contributed by atoms with Crippen LogP contribution in [0.25, 0.3) is 0 Å². The van der Waals surface area contributed by atoms with Crippen LogP contribution in [0, 0.1) is 0 Å². The molecule has 1 aromatic carbocycles. The van der Waals surface area contributed by atoms with Crippen molar-refractivity contribution in [2.24, 2.45) is 7.05 Å². The number of halogens is 1. The van der Waals surface area contributed by atoms with E-state index in [1.807, 2.05) is 12.1 Å². The van der Waals surface area contributed by atoms with Gasteiger partial charge in [-0.25, -0.2) is 0 Å². The minimum Gasteiger partial charge on any atom is -0.496 e. The van der Waals surface area contributed by atoms with Gasteiger partial charge >= 0.3 is 0 Å². The van der Waals surface area contributed by atoms with Crippen molar-refractivity contribution in [1.82, 2.24) is 14.4 Å². The van der Waals surface area contributed by atoms with E-state index in [1.54, 1.807) is 7.11 Å². The van der Waals surface area contributed by atoms with Gasteiger partial charge in [0.2, 0.25) is 0 Å². The van der Waals surface area contributed by atoms with Gasteiger partial charge in [0, 0.05) is 68.2 Å². The van der Waals surface area contributed by atoms with Crippen LogP contribution in [0.4, 0.5) is 0 Å². The number of nitrogens with zero attached hydrogens (tertiary/aromatic N) is 3. The van der Waals surface area contributed by atoms with Crippen molar-refractivity contribution in [3.8, 4) is 5.75 Å². The second-order valence-electron chi connectivity index (χ2n) is 6.12. The molecule has 5 heteroatoms. The number of piperazine rings is 1. The Balaban J connectivity index is 1.55. The van der Waals surface area contributed by atoms with Gasteiger partial charge < -0.3 is 9.30 Å². The molecule has 3 rings (SSSR count). The summed E-state index contributed by atoms with van der Waals surface area (Å²) in [6, 6.07) is 10.5. The molecular formula is C18H24BrN3O. The maximum atomic E-state index is 5.49. The lowest BCUT2D eigenvalue weighted by Crippen LogP contribution is -2.45. The van der Waals surface area contributed by atoms with Crippen molar-refractivity contribution in [3.63, 3.8) is 0 Å². The average Bonchev–Trinajstić information content (AvgIpc) is 2.95. The third-order valence-electron chi connectivity index (χ3n) is 4.54. The van der Waals surface area contributed by atoms with Gasteiger partial charge in [0.15, 0.2) is 0 Å². The highest BCUT2D eigenvalue weighted by Gasteiger charge is 2.19. The van der Waals surface area contributed by atoms with Crippen molar-refractivity contribution in [2.75, 3.05) is 33.3 Å². The van der Waals surface area contributed by atoms with E-state index < -0.39 is 0 Å². The Bertz CT molecular complexity index is 647. The minimum atomic E-state index is 0.945. The van der Waals surface area contributed by atoms with E-state index >= 15 is 0 Å². The molecule has 0 atom stereocenters. The van der Waals surface area contributed by atoms with Gasteiger partial charge in [-0.3, -0.25) is 9.80 Å². The van der Waals surface area contributed by atoms with Gasteiger partial charge in [0.05, 0.1) is 7.11 Å². The summed E-state index contributed by atoms with van der Waals surface area (Å²) in [5.41, 5.74) is 2.63. The molecule has 0 saturated carbocycles. The number of aryl methyl sites for hydroxylation is 1. The minimum absolute atomic E-state index is 0.945. The number of methoxy groups -OCH3 is 1. The lowest BCUT2D eigenvalue weighted by molar-refractivity contribution is 0.119. The largest absolute Gasteiger partial charge is 0.496 e. The molecule has 2 aromatic rings. The SMILES string of the molecule is COc1ccc(Br)cc1CN1CCN(Cc2cccn2C)CC1. The van der Waals surface area contributed by atoms with Crippen molar-refractivity contribution in [1.29, 1.82) is 0 Å². The standard InChI is InChI=1S/C18H24BrN3O/c1-20-7-3-4-17(20)14-22-10-8-21(9-11-22)13-15-12-16(19)5-6-18(15)23-2/h3-7,12H,8-11,13-14H2,1-2H3. The molecular weight excluding hydrogens is 354 g/mol. The highest BCUT2D eigenvalue weighted by Crippen LogP contribution is 2.24. The molecule has 1 aromatic heterocycles. The van der Waals surface area contributed by atoms with E-state index in [4.69, 9.17) is 4.74 Å². The highest BCUT2D eigenvalue weighted by atomic mass is 79.9. The van der Waals surface area contributed by atoms with Gasteiger partial charge in [0.25, 0.3) is 0 Å². The second-order valence-corrected chi connectivity index (χ2v) is 7.03. The Morgan fingerprint density at radius 3 is 2.35 bits per heavy atom. The molecule has 1 fully saturated rings. The van der Waals surface area contributed by atoms with Gasteiger partial charge in [-0.05, 0) is 30.3 Å². The summed E-state index contributed by atoms with van der Waals surface area (Å²) in [6.45, 7) is 6.40. The fraction of sp³-hybridized carbons (Fsp3) is 0.444. The Morgan fingerprint density at radius 2 is 1.74 bits per heavy atom. The average molecular weight is 378 g/mol. The van der Waals surface area contributed by atoms with Crippen LogP contribution < -0.4 is 4.74 Å². The van der Waals surface area contributed by atoms with Crippen molar-refractivity contribution in [3.05, 3.63) is 52.3 Å². The lowest BCUT2D eigenvalue weighted by Gasteiger charge is -2.35. The highest BCUT2D eigenvalue weighted by molar-refractivity contribution is 9.10. The first-order chi connectivity index (χ1) is 11.2. The summed E-state index contributed by atoms with van der Waals surface area (Å²) in [7, 11) is 3.86. The van der Waals surface area contributed by atoms with Gasteiger partial charge in [-0.15, -0.1) is 0 Å². The normalized spacial score (nSPS) is 16.7. The fourth-order valence-corrected chi connectivity index (χ4v) is 3.52. The molecule has 0 amide bonds. The summed E-state index contributed by atoms with van der Waals surface area (Å²) in [5, 5.41) is 0. The summed E-state index contributed by atoms with van der Waals surface area (Å²) in [4.78, 5) is 5.04. The van der Waals surface area contributed by atoms with Crippen LogP contribution in [0.3, 0.4) is 0 Å². The van der Waals surface area contributed by atoms with Gasteiger partial charge in [-0.2, -0.15) is 0 Å². The molecule has 2 heterocycles. The fourth-order valence-electron chi connectivity index (χ4n) is 3.11. The first kappa shape index (κ1) is 16.6. The number of aromatic nitrogens is 1. The van der Waals surface area contributed by atoms with Crippen molar-refractivity contribution >= 4 is 15.9 Å². The number of benzene rings is 1. The molecule has 0 N–H and O–H groups in total. The molecule has 4 nitrogen and oxygen atoms in total. The number of hydrogen-bond acceptors (Lipinski definition) is 3. The van der Waals surface area contributed by atoms with Crippen LogP contribution in [0.2, 0.25) is 0 Å². The molecule has 0 bridgehead atoms. The van der Waals surface area contributed by atoms with Gasteiger partial charge in [-0.1, -0.05) is 15.9 Å². The summed E-state index contributed by atoms with van der Waals surface area (Å²) in [5.74, 6) is 0.972. The summed E-state index contributed by atoms with van der Waals surface area (Å²) < 4.78 is 8.80. The zero-order valence-electron chi connectivity index (χ0n) is 13.8. The smallest absolute Gasteiger partial charge is 0.123 e. The molecule has 1 saturated heterocycles. The second kappa shape index (κ2) is 7.51. The molecule has 0 aliphatic carbocycles. The monoisotopic (exact) mass is 377 g/mol. The quantitative estimate of drug-likeness (QED) is 0.798. The van der Waals surface area contributed by atoms with Crippen LogP contribution in [-0.2, 0) is 20.1 Å². The van der Waals surface area contributed by atoms with E-state index in [-0.39, 0.29) is 0 Å². The molecule has 0 spiro atoms. The topological polar surface area (TPSA) is 20.6 Å². The third kappa shape index (κ3) is 4.16. The summed E-state index contributed by atoms with van der Waals surface area (Å²) >= 11 is 3.56. The van der Waals surface area contributed by atoms with Crippen LogP contribution in [0.15, 0.2) is 41.0 Å². The molecule has 23 heavy (non-hydrogen) atoms.